The van der Waals surface area contributed by atoms with Crippen LogP contribution in [-0.4, -0.2) is 68.3 Å². The molecule has 0 fully saturated rings. The fourth-order valence-corrected chi connectivity index (χ4v) is 0.671. The fraction of sp³-hybridized carbons (Fsp3) is 1.00. The summed E-state index contributed by atoms with van der Waals surface area (Å²) >= 11 is 0. The molecule has 0 spiro atoms. The molecule has 0 aromatic rings. The molecule has 0 aliphatic carbocycles. The third kappa shape index (κ3) is 3.02. The SMILES string of the molecule is OCC(O)[C@@H](O)[C@H](O)[C@@H](O)CO. The summed E-state index contributed by atoms with van der Waals surface area (Å²) in [6, 6.07) is 0. The molecule has 0 amide bonds. The number of hydrogen-bond donors (Lipinski definition) is 6. The van der Waals surface area contributed by atoms with E-state index in [0.717, 1.165) is 0 Å². The molecular formula is C6H14O6. The molecule has 12 heavy (non-hydrogen) atoms. The van der Waals surface area contributed by atoms with Gasteiger partial charge >= 0.3 is 0 Å². The van der Waals surface area contributed by atoms with Crippen molar-refractivity contribution in [2.75, 3.05) is 13.2 Å². The van der Waals surface area contributed by atoms with Crippen molar-refractivity contribution in [1.29, 1.82) is 0 Å². The third-order valence-electron chi connectivity index (χ3n) is 1.51. The Balaban J connectivity index is 3.99. The highest BCUT2D eigenvalue weighted by Crippen LogP contribution is 2.03. The molecule has 0 radical (unpaired) electrons. The molecule has 0 aromatic carbocycles. The van der Waals surface area contributed by atoms with Crippen molar-refractivity contribution in [2.24, 2.45) is 0 Å². The van der Waals surface area contributed by atoms with E-state index in [-0.39, 0.29) is 0 Å². The van der Waals surface area contributed by atoms with Crippen LogP contribution in [0, 0.1) is 0 Å². The average Bonchev–Trinajstić information content (AvgIpc) is 2.12. The lowest BCUT2D eigenvalue weighted by molar-refractivity contribution is -0.123. The second kappa shape index (κ2) is 5.41. The van der Waals surface area contributed by atoms with Crippen LogP contribution < -0.4 is 0 Å². The number of aliphatic hydroxyl groups is 6. The Morgan fingerprint density at radius 2 is 0.917 bits per heavy atom. The van der Waals surface area contributed by atoms with Crippen LogP contribution in [0.3, 0.4) is 0 Å². The number of aliphatic hydroxyl groups excluding tert-OH is 6. The van der Waals surface area contributed by atoms with Crippen molar-refractivity contribution in [1.82, 2.24) is 0 Å². The van der Waals surface area contributed by atoms with Gasteiger partial charge in [-0.3, -0.25) is 0 Å². The van der Waals surface area contributed by atoms with Crippen molar-refractivity contribution >= 4 is 0 Å². The summed E-state index contributed by atoms with van der Waals surface area (Å²) in [7, 11) is 0. The second-order valence-corrected chi connectivity index (χ2v) is 2.48. The maximum atomic E-state index is 8.96. The highest BCUT2D eigenvalue weighted by molar-refractivity contribution is 4.79. The number of rotatable bonds is 5. The Hall–Kier alpha value is -0.240. The van der Waals surface area contributed by atoms with Crippen LogP contribution in [0.2, 0.25) is 0 Å². The fourth-order valence-electron chi connectivity index (χ4n) is 0.671. The summed E-state index contributed by atoms with van der Waals surface area (Å²) in [5.41, 5.74) is 0. The lowest BCUT2D eigenvalue weighted by atomic mass is 10.0. The van der Waals surface area contributed by atoms with Crippen LogP contribution in [0.5, 0.6) is 0 Å². The van der Waals surface area contributed by atoms with Gasteiger partial charge in [0.25, 0.3) is 0 Å². The molecule has 0 saturated carbocycles. The first-order valence-electron chi connectivity index (χ1n) is 3.48. The van der Waals surface area contributed by atoms with Gasteiger partial charge in [-0.15, -0.1) is 0 Å². The topological polar surface area (TPSA) is 121 Å². The zero-order chi connectivity index (χ0) is 9.72. The normalized spacial score (nSPS) is 21.5. The molecular weight excluding hydrogens is 168 g/mol. The summed E-state index contributed by atoms with van der Waals surface area (Å²) in [4.78, 5) is 0. The maximum absolute atomic E-state index is 8.96. The molecule has 6 nitrogen and oxygen atoms in total. The molecule has 0 heterocycles. The van der Waals surface area contributed by atoms with E-state index in [4.69, 9.17) is 30.6 Å². The molecule has 0 bridgehead atoms. The minimum atomic E-state index is -1.67. The van der Waals surface area contributed by atoms with Gasteiger partial charge in [-0.05, 0) is 0 Å². The highest BCUT2D eigenvalue weighted by Gasteiger charge is 2.29. The number of hydrogen-bond acceptors (Lipinski definition) is 6. The largest absolute Gasteiger partial charge is 0.394 e. The molecule has 4 atom stereocenters. The second-order valence-electron chi connectivity index (χ2n) is 2.48. The van der Waals surface area contributed by atoms with Crippen LogP contribution in [0.1, 0.15) is 0 Å². The molecule has 6 N–H and O–H groups in total. The zero-order valence-corrected chi connectivity index (χ0v) is 6.41. The molecule has 0 aliphatic heterocycles. The van der Waals surface area contributed by atoms with Gasteiger partial charge in [0.1, 0.15) is 24.4 Å². The van der Waals surface area contributed by atoms with E-state index in [1.165, 1.54) is 0 Å². The smallest absolute Gasteiger partial charge is 0.111 e. The third-order valence-corrected chi connectivity index (χ3v) is 1.51. The van der Waals surface area contributed by atoms with Gasteiger partial charge in [0.15, 0.2) is 0 Å². The van der Waals surface area contributed by atoms with Crippen molar-refractivity contribution in [2.45, 2.75) is 24.4 Å². The maximum Gasteiger partial charge on any atom is 0.111 e. The van der Waals surface area contributed by atoms with Gasteiger partial charge in [-0.25, -0.2) is 0 Å². The van der Waals surface area contributed by atoms with Gasteiger partial charge < -0.3 is 30.6 Å². The monoisotopic (exact) mass is 182 g/mol. The van der Waals surface area contributed by atoms with Crippen molar-refractivity contribution in [3.05, 3.63) is 0 Å². The standard InChI is InChI=1S/C6H14O6/c7-1-3(9)5(11)6(12)4(10)2-8/h3-12H,1-2H2/t3-,4?,5+,6+/m0/s1. The zero-order valence-electron chi connectivity index (χ0n) is 6.41. The average molecular weight is 182 g/mol. The van der Waals surface area contributed by atoms with E-state index >= 15 is 0 Å². The van der Waals surface area contributed by atoms with E-state index in [1.807, 2.05) is 0 Å². The molecule has 6 heteroatoms. The van der Waals surface area contributed by atoms with E-state index in [0.29, 0.717) is 0 Å². The van der Waals surface area contributed by atoms with Crippen LogP contribution in [-0.2, 0) is 0 Å². The molecule has 0 saturated heterocycles. The van der Waals surface area contributed by atoms with Crippen LogP contribution in [0.25, 0.3) is 0 Å². The Morgan fingerprint density at radius 3 is 1.08 bits per heavy atom. The molecule has 74 valence electrons. The van der Waals surface area contributed by atoms with Gasteiger partial charge in [0, 0.05) is 0 Å². The highest BCUT2D eigenvalue weighted by atomic mass is 16.4. The Morgan fingerprint density at radius 1 is 0.667 bits per heavy atom. The van der Waals surface area contributed by atoms with Crippen LogP contribution in [0.4, 0.5) is 0 Å². The first-order valence-corrected chi connectivity index (χ1v) is 3.48. The minimum Gasteiger partial charge on any atom is -0.394 e. The summed E-state index contributed by atoms with van der Waals surface area (Å²) < 4.78 is 0. The first-order chi connectivity index (χ1) is 5.54. The molecule has 0 aliphatic rings. The lowest BCUT2D eigenvalue weighted by Crippen LogP contribution is -2.46. The molecule has 1 unspecified atom stereocenters. The summed E-state index contributed by atoms with van der Waals surface area (Å²) in [6.45, 7) is -1.45. The molecule has 0 rings (SSSR count). The van der Waals surface area contributed by atoms with Gasteiger partial charge in [-0.1, -0.05) is 0 Å². The Bertz CT molecular complexity index is 105. The predicted molar refractivity (Wildman–Crippen MR) is 38.2 cm³/mol. The van der Waals surface area contributed by atoms with Crippen molar-refractivity contribution < 1.29 is 30.6 Å². The van der Waals surface area contributed by atoms with Crippen LogP contribution >= 0.6 is 0 Å². The van der Waals surface area contributed by atoms with E-state index in [1.54, 1.807) is 0 Å². The van der Waals surface area contributed by atoms with Gasteiger partial charge in [0.05, 0.1) is 13.2 Å². The van der Waals surface area contributed by atoms with E-state index in [2.05, 4.69) is 0 Å². The summed E-state index contributed by atoms with van der Waals surface area (Å²) in [5.74, 6) is 0. The van der Waals surface area contributed by atoms with Gasteiger partial charge in [-0.2, -0.15) is 0 Å². The van der Waals surface area contributed by atoms with E-state index in [9.17, 15) is 0 Å². The van der Waals surface area contributed by atoms with Crippen LogP contribution in [0.15, 0.2) is 0 Å². The predicted octanol–water partition coefficient (Wildman–Crippen LogP) is -3.59. The summed E-state index contributed by atoms with van der Waals surface area (Å²) in [6.07, 6.45) is -6.39. The Kier molecular flexibility index (Phi) is 5.31. The summed E-state index contributed by atoms with van der Waals surface area (Å²) in [5, 5.41) is 52.2. The van der Waals surface area contributed by atoms with Crippen molar-refractivity contribution in [3.63, 3.8) is 0 Å². The Labute approximate surface area is 69.3 Å². The van der Waals surface area contributed by atoms with Crippen molar-refractivity contribution in [3.8, 4) is 0 Å². The van der Waals surface area contributed by atoms with E-state index < -0.39 is 37.6 Å². The minimum absolute atomic E-state index is 0.726. The molecule has 0 aromatic heterocycles. The van der Waals surface area contributed by atoms with Gasteiger partial charge in [0.2, 0.25) is 0 Å². The lowest BCUT2D eigenvalue weighted by Gasteiger charge is -2.24. The quantitative estimate of drug-likeness (QED) is 0.261. The first kappa shape index (κ1) is 11.8.